The van der Waals surface area contributed by atoms with Crippen LogP contribution in [0, 0.1) is 4.77 Å². The highest BCUT2D eigenvalue weighted by Gasteiger charge is 2.15. The molecule has 0 unspecified atom stereocenters. The van der Waals surface area contributed by atoms with Crippen LogP contribution in [0.25, 0.3) is 11.8 Å². The molecule has 1 aromatic carbocycles. The number of aromatic hydroxyl groups is 1. The summed E-state index contributed by atoms with van der Waals surface area (Å²) in [7, 11) is 1.62. The third-order valence-electron chi connectivity index (χ3n) is 3.35. The number of hydrogen-bond acceptors (Lipinski definition) is 4. The summed E-state index contributed by atoms with van der Waals surface area (Å²) in [4.78, 5) is 16.9. The summed E-state index contributed by atoms with van der Waals surface area (Å²) in [5.41, 5.74) is 1.02. The first-order valence-electron chi connectivity index (χ1n) is 6.62. The normalized spacial score (nSPS) is 14.9. The summed E-state index contributed by atoms with van der Waals surface area (Å²) in [6.45, 7) is 0. The van der Waals surface area contributed by atoms with Gasteiger partial charge in [0.05, 0.1) is 11.4 Å². The van der Waals surface area contributed by atoms with Crippen molar-refractivity contribution >= 4 is 24.5 Å². The fourth-order valence-electron chi connectivity index (χ4n) is 2.20. The van der Waals surface area contributed by atoms with E-state index in [1.165, 1.54) is 9.13 Å². The highest BCUT2D eigenvalue weighted by atomic mass is 32.1. The van der Waals surface area contributed by atoms with Crippen molar-refractivity contribution in [2.45, 2.75) is 0 Å². The first kappa shape index (κ1) is 14.2. The van der Waals surface area contributed by atoms with Gasteiger partial charge in [-0.2, -0.15) is 0 Å². The lowest BCUT2D eigenvalue weighted by Gasteiger charge is -2.13. The van der Waals surface area contributed by atoms with E-state index in [0.29, 0.717) is 11.4 Å². The van der Waals surface area contributed by atoms with Gasteiger partial charge in [0.25, 0.3) is 5.56 Å². The maximum absolute atomic E-state index is 12.8. The number of aromatic nitrogens is 2. The average molecular weight is 311 g/mol. The van der Waals surface area contributed by atoms with Crippen molar-refractivity contribution in [3.63, 3.8) is 0 Å². The summed E-state index contributed by atoms with van der Waals surface area (Å²) in [5.74, 6) is -0.176. The molecule has 2 heterocycles. The van der Waals surface area contributed by atoms with Crippen molar-refractivity contribution < 1.29 is 5.11 Å². The predicted molar refractivity (Wildman–Crippen MR) is 89.1 cm³/mol. The van der Waals surface area contributed by atoms with Gasteiger partial charge in [-0.25, -0.2) is 0 Å². The Bertz CT molecular complexity index is 920. The average Bonchev–Trinajstić information content (AvgIpc) is 3.04. The number of nitrogens with zero attached hydrogens (tertiary/aromatic N) is 3. The summed E-state index contributed by atoms with van der Waals surface area (Å²) < 4.78 is 3.02. The molecule has 1 N–H and O–H groups in total. The summed E-state index contributed by atoms with van der Waals surface area (Å²) in [6, 6.07) is 9.09. The van der Waals surface area contributed by atoms with E-state index in [-0.39, 0.29) is 21.8 Å². The van der Waals surface area contributed by atoms with E-state index >= 15 is 0 Å². The molecule has 1 aliphatic rings. The van der Waals surface area contributed by atoms with E-state index in [9.17, 15) is 9.90 Å². The Morgan fingerprint density at radius 1 is 1.27 bits per heavy atom. The molecule has 0 saturated heterocycles. The van der Waals surface area contributed by atoms with Crippen LogP contribution in [0.15, 0.2) is 58.0 Å². The number of benzene rings is 1. The van der Waals surface area contributed by atoms with Crippen LogP contribution in [-0.2, 0) is 7.05 Å². The molecule has 110 valence electrons. The van der Waals surface area contributed by atoms with Crippen molar-refractivity contribution in [1.82, 2.24) is 9.13 Å². The highest BCUT2D eigenvalue weighted by Crippen LogP contribution is 2.19. The molecule has 0 atom stereocenters. The molecule has 0 spiro atoms. The van der Waals surface area contributed by atoms with Crippen molar-refractivity contribution in [3.05, 3.63) is 68.9 Å². The summed E-state index contributed by atoms with van der Waals surface area (Å²) in [6.07, 6.45) is 6.69. The van der Waals surface area contributed by atoms with Gasteiger partial charge in [-0.05, 0) is 42.6 Å². The first-order chi connectivity index (χ1) is 10.6. The second kappa shape index (κ2) is 5.57. The van der Waals surface area contributed by atoms with Crippen LogP contribution in [0.5, 0.6) is 5.88 Å². The zero-order valence-corrected chi connectivity index (χ0v) is 12.6. The molecule has 0 saturated carbocycles. The van der Waals surface area contributed by atoms with Crippen LogP contribution in [0.2, 0.25) is 0 Å². The minimum absolute atomic E-state index is 0.152. The topological polar surface area (TPSA) is 59.5 Å². The van der Waals surface area contributed by atoms with E-state index < -0.39 is 0 Å². The van der Waals surface area contributed by atoms with E-state index in [4.69, 9.17) is 12.2 Å². The molecule has 0 bridgehead atoms. The number of aliphatic imine (C=N–C) groups is 1. The largest absolute Gasteiger partial charge is 0.494 e. The Morgan fingerprint density at radius 3 is 2.64 bits per heavy atom. The molecule has 1 aliphatic heterocycles. The fourth-order valence-corrected chi connectivity index (χ4v) is 2.48. The zero-order chi connectivity index (χ0) is 15.7. The smallest absolute Gasteiger partial charge is 0.270 e. The molecule has 1 aromatic heterocycles. The second-order valence-electron chi connectivity index (χ2n) is 4.76. The fraction of sp³-hybridized carbons (Fsp3) is 0.0625. The highest BCUT2D eigenvalue weighted by molar-refractivity contribution is 7.71. The van der Waals surface area contributed by atoms with Crippen molar-refractivity contribution in [2.24, 2.45) is 12.0 Å². The Balaban J connectivity index is 2.33. The molecular weight excluding hydrogens is 298 g/mol. The first-order valence-corrected chi connectivity index (χ1v) is 7.03. The van der Waals surface area contributed by atoms with Gasteiger partial charge >= 0.3 is 0 Å². The lowest BCUT2D eigenvalue weighted by molar-refractivity contribution is 0.416. The number of hydrogen-bond donors (Lipinski definition) is 1. The molecule has 2 aromatic rings. The number of rotatable bonds is 2. The van der Waals surface area contributed by atoms with Gasteiger partial charge in [0, 0.05) is 13.3 Å². The maximum Gasteiger partial charge on any atom is 0.270 e. The van der Waals surface area contributed by atoms with Gasteiger partial charge in [0.15, 0.2) is 4.77 Å². The second-order valence-corrected chi connectivity index (χ2v) is 5.13. The molecule has 6 heteroatoms. The van der Waals surface area contributed by atoms with Crippen LogP contribution < -0.4 is 5.56 Å². The minimum Gasteiger partial charge on any atom is -0.494 e. The van der Waals surface area contributed by atoms with E-state index in [0.717, 1.165) is 0 Å². The van der Waals surface area contributed by atoms with Gasteiger partial charge < -0.3 is 5.11 Å². The van der Waals surface area contributed by atoms with Gasteiger partial charge in [0.2, 0.25) is 5.88 Å². The molecule has 5 nitrogen and oxygen atoms in total. The molecule has 0 amide bonds. The lowest BCUT2D eigenvalue weighted by atomic mass is 10.2. The van der Waals surface area contributed by atoms with Crippen molar-refractivity contribution in [2.75, 3.05) is 0 Å². The van der Waals surface area contributed by atoms with Crippen molar-refractivity contribution in [1.29, 1.82) is 0 Å². The van der Waals surface area contributed by atoms with Crippen LogP contribution in [0.3, 0.4) is 0 Å². The zero-order valence-electron chi connectivity index (χ0n) is 11.8. The molecule has 0 fully saturated rings. The van der Waals surface area contributed by atoms with Crippen LogP contribution in [0.1, 0.15) is 5.56 Å². The molecular formula is C16H13N3O2S. The van der Waals surface area contributed by atoms with Crippen LogP contribution >= 0.6 is 12.2 Å². The molecule has 3 rings (SSSR count). The molecule has 22 heavy (non-hydrogen) atoms. The summed E-state index contributed by atoms with van der Waals surface area (Å²) in [5, 5.41) is 10.3. The summed E-state index contributed by atoms with van der Waals surface area (Å²) >= 11 is 5.29. The van der Waals surface area contributed by atoms with E-state index in [1.807, 2.05) is 18.2 Å². The molecule has 0 radical (unpaired) electrons. The Morgan fingerprint density at radius 2 is 2.00 bits per heavy atom. The van der Waals surface area contributed by atoms with Crippen LogP contribution in [-0.4, -0.2) is 20.5 Å². The standard InChI is InChI=1S/C16H13N3O2S/c1-18-14(20)13(10-11-6-5-9-17-11)15(21)19(16(18)22)12-7-3-2-4-8-12/h2-10,20H,1H3/b11-10-. The van der Waals surface area contributed by atoms with Crippen molar-refractivity contribution in [3.8, 4) is 11.6 Å². The minimum atomic E-state index is -0.380. The maximum atomic E-state index is 12.8. The Labute approximate surface area is 131 Å². The number of allylic oxidation sites excluding steroid dienone is 2. The Kier molecular flexibility index (Phi) is 3.60. The monoisotopic (exact) mass is 311 g/mol. The SMILES string of the molecule is Cn1c(O)c(/C=C2/C=CC=N2)c(=O)n(-c2ccccc2)c1=S. The Hall–Kier alpha value is -2.73. The lowest BCUT2D eigenvalue weighted by Crippen LogP contribution is -2.25. The van der Waals surface area contributed by atoms with Gasteiger partial charge in [-0.1, -0.05) is 18.2 Å². The van der Waals surface area contributed by atoms with Crippen LogP contribution in [0.4, 0.5) is 0 Å². The predicted octanol–water partition coefficient (Wildman–Crippen LogP) is 2.59. The van der Waals surface area contributed by atoms with E-state index in [2.05, 4.69) is 4.99 Å². The van der Waals surface area contributed by atoms with Gasteiger partial charge in [-0.3, -0.25) is 18.9 Å². The quantitative estimate of drug-likeness (QED) is 0.867. The third-order valence-corrected chi connectivity index (χ3v) is 3.81. The number of para-hydroxylation sites is 1. The molecule has 0 aliphatic carbocycles. The van der Waals surface area contributed by atoms with Gasteiger partial charge in [0.1, 0.15) is 5.56 Å². The van der Waals surface area contributed by atoms with E-state index in [1.54, 1.807) is 43.6 Å². The third kappa shape index (κ3) is 2.33. The van der Waals surface area contributed by atoms with Gasteiger partial charge in [-0.15, -0.1) is 0 Å².